The lowest BCUT2D eigenvalue weighted by Gasteiger charge is -2.25. The third-order valence-corrected chi connectivity index (χ3v) is 3.37. The first-order valence-electron chi connectivity index (χ1n) is 6.41. The number of nitrogens with two attached hydrogens (primary N) is 1. The molecule has 6 nitrogen and oxygen atoms in total. The van der Waals surface area contributed by atoms with Gasteiger partial charge in [-0.2, -0.15) is 4.98 Å². The van der Waals surface area contributed by atoms with Crippen LogP contribution in [0.4, 0.5) is 11.8 Å². The van der Waals surface area contributed by atoms with E-state index in [4.69, 9.17) is 5.84 Å². The molecule has 6 heteroatoms. The van der Waals surface area contributed by atoms with E-state index in [9.17, 15) is 5.11 Å². The first-order valence-corrected chi connectivity index (χ1v) is 6.41. The lowest BCUT2D eigenvalue weighted by Crippen LogP contribution is -2.24. The molecule has 0 spiro atoms. The number of aryl methyl sites for hydroxylation is 1. The van der Waals surface area contributed by atoms with E-state index in [1.807, 2.05) is 13.0 Å². The van der Waals surface area contributed by atoms with Crippen molar-refractivity contribution >= 4 is 11.8 Å². The number of hydrogen-bond donors (Lipinski definition) is 4. The van der Waals surface area contributed by atoms with Crippen LogP contribution in [0.2, 0.25) is 0 Å². The quantitative estimate of drug-likeness (QED) is 0.471. The first-order chi connectivity index (χ1) is 8.67. The molecule has 18 heavy (non-hydrogen) atoms. The van der Waals surface area contributed by atoms with Crippen molar-refractivity contribution in [3.05, 3.63) is 11.8 Å². The van der Waals surface area contributed by atoms with Crippen LogP contribution in [-0.4, -0.2) is 27.7 Å². The van der Waals surface area contributed by atoms with Crippen LogP contribution in [-0.2, 0) is 0 Å². The third kappa shape index (κ3) is 3.54. The first kappa shape index (κ1) is 13.0. The van der Waals surface area contributed by atoms with Crippen LogP contribution < -0.4 is 16.6 Å². The summed E-state index contributed by atoms with van der Waals surface area (Å²) in [4.78, 5) is 8.38. The number of aliphatic hydroxyl groups is 1. The van der Waals surface area contributed by atoms with Crippen molar-refractivity contribution in [2.24, 2.45) is 11.8 Å². The van der Waals surface area contributed by atoms with Crippen molar-refractivity contribution in [3.63, 3.8) is 0 Å². The van der Waals surface area contributed by atoms with Gasteiger partial charge in [0.2, 0.25) is 5.95 Å². The Kier molecular flexibility index (Phi) is 4.33. The highest BCUT2D eigenvalue weighted by Crippen LogP contribution is 2.24. The van der Waals surface area contributed by atoms with E-state index in [0.717, 1.165) is 43.7 Å². The highest BCUT2D eigenvalue weighted by atomic mass is 16.3. The average Bonchev–Trinajstić information content (AvgIpc) is 2.37. The fraction of sp³-hybridized carbons (Fsp3) is 0.667. The molecular formula is C12H21N5O. The van der Waals surface area contributed by atoms with E-state index in [0.29, 0.717) is 11.9 Å². The summed E-state index contributed by atoms with van der Waals surface area (Å²) in [5.41, 5.74) is 3.33. The zero-order valence-corrected chi connectivity index (χ0v) is 10.7. The molecule has 1 aromatic heterocycles. The Morgan fingerprint density at radius 2 is 2.06 bits per heavy atom. The van der Waals surface area contributed by atoms with Crippen molar-refractivity contribution in [2.45, 2.75) is 38.7 Å². The number of nitrogens with zero attached hydrogens (tertiary/aromatic N) is 2. The molecule has 5 N–H and O–H groups in total. The summed E-state index contributed by atoms with van der Waals surface area (Å²) < 4.78 is 0. The molecule has 100 valence electrons. The second-order valence-electron chi connectivity index (χ2n) is 4.92. The largest absolute Gasteiger partial charge is 0.393 e. The van der Waals surface area contributed by atoms with Crippen LogP contribution in [0, 0.1) is 12.8 Å². The minimum Gasteiger partial charge on any atom is -0.393 e. The number of aliphatic hydroxyl groups excluding tert-OH is 1. The Morgan fingerprint density at radius 3 is 2.72 bits per heavy atom. The molecule has 0 aromatic carbocycles. The molecule has 2 rings (SSSR count). The Balaban J connectivity index is 1.88. The number of rotatable bonds is 4. The van der Waals surface area contributed by atoms with Gasteiger partial charge in [0.1, 0.15) is 5.82 Å². The second-order valence-corrected chi connectivity index (χ2v) is 4.92. The van der Waals surface area contributed by atoms with Crippen LogP contribution in [0.15, 0.2) is 6.07 Å². The Hall–Kier alpha value is -1.40. The summed E-state index contributed by atoms with van der Waals surface area (Å²) in [5.74, 6) is 7.14. The summed E-state index contributed by atoms with van der Waals surface area (Å²) in [6.45, 7) is 2.79. The van der Waals surface area contributed by atoms with Gasteiger partial charge in [0, 0.05) is 18.3 Å². The fourth-order valence-electron chi connectivity index (χ4n) is 2.32. The number of nitrogens with one attached hydrogen (secondary N) is 2. The van der Waals surface area contributed by atoms with Crippen LogP contribution in [0.1, 0.15) is 31.4 Å². The summed E-state index contributed by atoms with van der Waals surface area (Å²) >= 11 is 0. The van der Waals surface area contributed by atoms with Gasteiger partial charge in [-0.05, 0) is 38.5 Å². The molecule has 0 amide bonds. The summed E-state index contributed by atoms with van der Waals surface area (Å²) in [6.07, 6.45) is 3.85. The van der Waals surface area contributed by atoms with Gasteiger partial charge in [0.15, 0.2) is 0 Å². The van der Waals surface area contributed by atoms with Crippen LogP contribution >= 0.6 is 0 Å². The maximum atomic E-state index is 9.45. The average molecular weight is 251 g/mol. The van der Waals surface area contributed by atoms with E-state index in [-0.39, 0.29) is 6.10 Å². The molecule has 0 bridgehead atoms. The molecule has 0 atom stereocenters. The molecule has 1 aliphatic rings. The Labute approximate surface area is 107 Å². The molecular weight excluding hydrogens is 230 g/mol. The lowest BCUT2D eigenvalue weighted by atomic mass is 9.87. The van der Waals surface area contributed by atoms with E-state index in [1.165, 1.54) is 0 Å². The molecule has 0 aliphatic heterocycles. The van der Waals surface area contributed by atoms with Crippen LogP contribution in [0.3, 0.4) is 0 Å². The minimum atomic E-state index is -0.101. The highest BCUT2D eigenvalue weighted by Gasteiger charge is 2.19. The van der Waals surface area contributed by atoms with Crippen molar-refractivity contribution in [3.8, 4) is 0 Å². The van der Waals surface area contributed by atoms with E-state index >= 15 is 0 Å². The molecule has 1 aromatic rings. The van der Waals surface area contributed by atoms with Gasteiger partial charge in [0.25, 0.3) is 0 Å². The Bertz CT molecular complexity index is 390. The topological polar surface area (TPSA) is 96.1 Å². The number of hydrogen-bond acceptors (Lipinski definition) is 6. The summed E-state index contributed by atoms with van der Waals surface area (Å²) in [7, 11) is 0. The molecule has 1 heterocycles. The molecule has 1 aliphatic carbocycles. The van der Waals surface area contributed by atoms with Gasteiger partial charge in [-0.3, -0.25) is 5.43 Å². The Morgan fingerprint density at radius 1 is 1.33 bits per heavy atom. The molecule has 1 fully saturated rings. The van der Waals surface area contributed by atoms with Gasteiger partial charge in [-0.15, -0.1) is 0 Å². The number of aromatic nitrogens is 2. The number of hydrazine groups is 1. The fourth-order valence-corrected chi connectivity index (χ4v) is 2.32. The van der Waals surface area contributed by atoms with Gasteiger partial charge in [0.05, 0.1) is 6.10 Å². The SMILES string of the molecule is Cc1cc(NCC2CCC(O)CC2)nc(NN)n1. The minimum absolute atomic E-state index is 0.101. The normalized spacial score (nSPS) is 23.7. The second kappa shape index (κ2) is 5.97. The van der Waals surface area contributed by atoms with Gasteiger partial charge < -0.3 is 10.4 Å². The predicted octanol–water partition coefficient (Wildman–Crippen LogP) is 1.03. The van der Waals surface area contributed by atoms with Gasteiger partial charge >= 0.3 is 0 Å². The number of nitrogen functional groups attached to an aromatic ring is 1. The molecule has 0 unspecified atom stereocenters. The molecule has 1 saturated carbocycles. The molecule has 0 radical (unpaired) electrons. The molecule has 0 saturated heterocycles. The zero-order chi connectivity index (χ0) is 13.0. The standard InChI is InChI=1S/C12H21N5O/c1-8-6-11(16-12(15-8)17-13)14-7-9-2-4-10(18)5-3-9/h6,9-10,18H,2-5,7,13H2,1H3,(H2,14,15,16,17). The summed E-state index contributed by atoms with van der Waals surface area (Å²) in [5, 5.41) is 12.8. The van der Waals surface area contributed by atoms with Crippen LogP contribution in [0.25, 0.3) is 0 Å². The maximum Gasteiger partial charge on any atom is 0.239 e. The van der Waals surface area contributed by atoms with Gasteiger partial charge in [-0.1, -0.05) is 0 Å². The van der Waals surface area contributed by atoms with Crippen molar-refractivity contribution in [1.29, 1.82) is 0 Å². The highest BCUT2D eigenvalue weighted by molar-refractivity contribution is 5.41. The van der Waals surface area contributed by atoms with Gasteiger partial charge in [-0.25, -0.2) is 10.8 Å². The van der Waals surface area contributed by atoms with E-state index in [1.54, 1.807) is 0 Å². The maximum absolute atomic E-state index is 9.45. The van der Waals surface area contributed by atoms with E-state index < -0.39 is 0 Å². The summed E-state index contributed by atoms with van der Waals surface area (Å²) in [6, 6.07) is 1.90. The van der Waals surface area contributed by atoms with E-state index in [2.05, 4.69) is 20.7 Å². The third-order valence-electron chi connectivity index (χ3n) is 3.37. The van der Waals surface area contributed by atoms with Crippen molar-refractivity contribution in [1.82, 2.24) is 9.97 Å². The predicted molar refractivity (Wildman–Crippen MR) is 71.0 cm³/mol. The lowest BCUT2D eigenvalue weighted by molar-refractivity contribution is 0.111. The van der Waals surface area contributed by atoms with Crippen molar-refractivity contribution < 1.29 is 5.11 Å². The van der Waals surface area contributed by atoms with Crippen molar-refractivity contribution in [2.75, 3.05) is 17.3 Å². The van der Waals surface area contributed by atoms with Crippen LogP contribution in [0.5, 0.6) is 0 Å². The number of anilines is 2. The zero-order valence-electron chi connectivity index (χ0n) is 10.7. The smallest absolute Gasteiger partial charge is 0.239 e. The monoisotopic (exact) mass is 251 g/mol.